The molecule has 3 aliphatic rings. The summed E-state index contributed by atoms with van der Waals surface area (Å²) in [5, 5.41) is 0.477. The summed E-state index contributed by atoms with van der Waals surface area (Å²) in [7, 11) is 2.02. The van der Waals surface area contributed by atoms with Crippen LogP contribution in [-0.4, -0.2) is 23.5 Å². The van der Waals surface area contributed by atoms with Gasteiger partial charge in [-0.05, 0) is 59.1 Å². The zero-order valence-electron chi connectivity index (χ0n) is 22.1. The molecule has 2 aliphatic carbocycles. The SMILES string of the molecule is CN1C2=C(C(=O)CC(C)(C)C2)C(c2ccc(OCc3ccc(Br)cc3)c(Cl)c2)C2=C1CC(C)(C)CC2=O. The van der Waals surface area contributed by atoms with Gasteiger partial charge in [0.2, 0.25) is 0 Å². The Balaban J connectivity index is 1.56. The molecule has 1 heterocycles. The lowest BCUT2D eigenvalue weighted by Gasteiger charge is -2.47. The van der Waals surface area contributed by atoms with Gasteiger partial charge in [-0.15, -0.1) is 0 Å². The van der Waals surface area contributed by atoms with Crippen LogP contribution < -0.4 is 4.74 Å². The molecule has 37 heavy (non-hydrogen) atoms. The van der Waals surface area contributed by atoms with Crippen LogP contribution in [0.25, 0.3) is 0 Å². The van der Waals surface area contributed by atoms with E-state index in [1.165, 1.54) is 0 Å². The molecule has 0 fully saturated rings. The van der Waals surface area contributed by atoms with Gasteiger partial charge in [0.1, 0.15) is 12.4 Å². The summed E-state index contributed by atoms with van der Waals surface area (Å²) in [5.41, 5.74) is 5.27. The van der Waals surface area contributed by atoms with Crippen LogP contribution in [0, 0.1) is 10.8 Å². The fourth-order valence-electron chi connectivity index (χ4n) is 6.05. The van der Waals surface area contributed by atoms with E-state index in [2.05, 4.69) is 48.5 Å². The minimum atomic E-state index is -0.397. The maximum Gasteiger partial charge on any atom is 0.162 e. The molecule has 0 unspecified atom stereocenters. The first-order chi connectivity index (χ1) is 17.3. The number of nitrogens with zero attached hydrogens (tertiary/aromatic N) is 1. The molecular formula is C31H33BrClNO3. The topological polar surface area (TPSA) is 46.6 Å². The van der Waals surface area contributed by atoms with Gasteiger partial charge in [-0.3, -0.25) is 9.59 Å². The Morgan fingerprint density at radius 2 is 1.43 bits per heavy atom. The van der Waals surface area contributed by atoms with E-state index in [4.69, 9.17) is 16.3 Å². The third kappa shape index (κ3) is 5.05. The minimum absolute atomic E-state index is 0.122. The van der Waals surface area contributed by atoms with Gasteiger partial charge >= 0.3 is 0 Å². The zero-order valence-corrected chi connectivity index (χ0v) is 24.4. The van der Waals surface area contributed by atoms with Gasteiger partial charge in [0.15, 0.2) is 11.6 Å². The summed E-state index contributed by atoms with van der Waals surface area (Å²) < 4.78 is 7.03. The molecule has 5 rings (SSSR count). The zero-order chi connectivity index (χ0) is 26.7. The van der Waals surface area contributed by atoms with Crippen LogP contribution in [0.5, 0.6) is 5.75 Å². The Labute approximate surface area is 232 Å². The number of hydrogen-bond donors (Lipinski definition) is 0. The number of ether oxygens (including phenoxy) is 1. The Morgan fingerprint density at radius 1 is 0.892 bits per heavy atom. The van der Waals surface area contributed by atoms with E-state index < -0.39 is 5.92 Å². The van der Waals surface area contributed by atoms with Crippen LogP contribution in [0.15, 0.2) is 69.5 Å². The molecule has 1 aliphatic heterocycles. The monoisotopic (exact) mass is 581 g/mol. The van der Waals surface area contributed by atoms with E-state index in [0.29, 0.717) is 30.2 Å². The van der Waals surface area contributed by atoms with Crippen LogP contribution in [0.3, 0.4) is 0 Å². The number of benzene rings is 2. The maximum atomic E-state index is 13.6. The summed E-state index contributed by atoms with van der Waals surface area (Å²) in [6, 6.07) is 13.7. The average molecular weight is 583 g/mol. The van der Waals surface area contributed by atoms with E-state index >= 15 is 0 Å². The van der Waals surface area contributed by atoms with E-state index in [0.717, 1.165) is 51.0 Å². The van der Waals surface area contributed by atoms with Gasteiger partial charge in [-0.25, -0.2) is 0 Å². The molecule has 0 atom stereocenters. The standard InChI is InChI=1S/C31H33BrClNO3/c1-30(2)13-22-28(24(35)15-30)27(29-23(34(22)5)14-31(3,4)16-25(29)36)19-8-11-26(21(33)12-19)37-17-18-6-9-20(32)10-7-18/h6-12,27H,13-17H2,1-5H3. The molecular weight excluding hydrogens is 550 g/mol. The van der Waals surface area contributed by atoms with Crippen LogP contribution in [0.1, 0.15) is 70.4 Å². The first-order valence-corrected chi connectivity index (χ1v) is 14.0. The lowest BCUT2D eigenvalue weighted by atomic mass is 9.64. The Morgan fingerprint density at radius 3 is 1.95 bits per heavy atom. The molecule has 2 aromatic carbocycles. The normalized spacial score (nSPS) is 21.2. The summed E-state index contributed by atoms with van der Waals surface area (Å²) in [4.78, 5) is 29.4. The van der Waals surface area contributed by atoms with Gasteiger partial charge in [0.25, 0.3) is 0 Å². The highest BCUT2D eigenvalue weighted by molar-refractivity contribution is 9.10. The molecule has 0 bridgehead atoms. The molecule has 0 saturated heterocycles. The number of carbonyl (C=O) groups excluding carboxylic acids is 2. The van der Waals surface area contributed by atoms with Gasteiger partial charge in [0, 0.05) is 52.8 Å². The largest absolute Gasteiger partial charge is 0.487 e. The van der Waals surface area contributed by atoms with Crippen LogP contribution in [-0.2, 0) is 16.2 Å². The molecule has 0 amide bonds. The number of rotatable bonds is 4. The highest BCUT2D eigenvalue weighted by atomic mass is 79.9. The van der Waals surface area contributed by atoms with E-state index in [-0.39, 0.29) is 22.4 Å². The first kappa shape index (κ1) is 26.2. The van der Waals surface area contributed by atoms with Gasteiger partial charge in [-0.1, -0.05) is 73.4 Å². The maximum absolute atomic E-state index is 13.6. The highest BCUT2D eigenvalue weighted by Gasteiger charge is 2.48. The van der Waals surface area contributed by atoms with Crippen molar-refractivity contribution in [3.8, 4) is 5.75 Å². The van der Waals surface area contributed by atoms with Gasteiger partial charge in [-0.2, -0.15) is 0 Å². The average Bonchev–Trinajstić information content (AvgIpc) is 2.79. The predicted molar refractivity (Wildman–Crippen MR) is 151 cm³/mol. The van der Waals surface area contributed by atoms with Crippen molar-refractivity contribution < 1.29 is 14.3 Å². The Kier molecular flexibility index (Phi) is 6.69. The Hall–Kier alpha value is -2.37. The second-order valence-electron chi connectivity index (χ2n) is 12.2. The highest BCUT2D eigenvalue weighted by Crippen LogP contribution is 2.54. The Bertz CT molecular complexity index is 1300. The summed E-state index contributed by atoms with van der Waals surface area (Å²) >= 11 is 10.2. The third-order valence-electron chi connectivity index (χ3n) is 7.78. The van der Waals surface area contributed by atoms with Crippen molar-refractivity contribution in [2.24, 2.45) is 10.8 Å². The molecule has 0 N–H and O–H groups in total. The molecule has 6 heteroatoms. The van der Waals surface area contributed by atoms with E-state index in [1.54, 1.807) is 0 Å². The van der Waals surface area contributed by atoms with Crippen LogP contribution in [0.4, 0.5) is 0 Å². The first-order valence-electron chi connectivity index (χ1n) is 12.8. The number of carbonyl (C=O) groups is 2. The number of ketones is 2. The van der Waals surface area contributed by atoms with Crippen molar-refractivity contribution in [3.05, 3.63) is 85.6 Å². The van der Waals surface area contributed by atoms with Crippen LogP contribution >= 0.6 is 27.5 Å². The van der Waals surface area contributed by atoms with Crippen molar-refractivity contribution in [2.75, 3.05) is 7.05 Å². The minimum Gasteiger partial charge on any atom is -0.487 e. The fourth-order valence-corrected chi connectivity index (χ4v) is 6.56. The third-order valence-corrected chi connectivity index (χ3v) is 8.60. The number of allylic oxidation sites excluding steroid dienone is 4. The molecule has 0 aromatic heterocycles. The van der Waals surface area contributed by atoms with E-state index in [9.17, 15) is 9.59 Å². The summed E-state index contributed by atoms with van der Waals surface area (Å²) in [6.07, 6.45) is 2.55. The number of halogens is 2. The fraction of sp³-hybridized carbons (Fsp3) is 0.419. The van der Waals surface area contributed by atoms with Gasteiger partial charge in [0.05, 0.1) is 5.02 Å². The summed E-state index contributed by atoms with van der Waals surface area (Å²) in [5.74, 6) is 0.432. The van der Waals surface area contributed by atoms with Crippen LogP contribution in [0.2, 0.25) is 5.02 Å². The van der Waals surface area contributed by atoms with E-state index in [1.807, 2.05) is 49.5 Å². The molecule has 194 valence electrons. The number of Topliss-reactive ketones (excluding diaryl/α,β-unsaturated/α-hetero) is 2. The van der Waals surface area contributed by atoms with Gasteiger partial charge < -0.3 is 9.64 Å². The van der Waals surface area contributed by atoms with Crippen molar-refractivity contribution in [1.29, 1.82) is 0 Å². The second-order valence-corrected chi connectivity index (χ2v) is 13.5. The van der Waals surface area contributed by atoms with Crippen molar-refractivity contribution in [2.45, 2.75) is 65.9 Å². The second kappa shape index (κ2) is 9.43. The number of hydrogen-bond acceptors (Lipinski definition) is 4. The predicted octanol–water partition coefficient (Wildman–Crippen LogP) is 8.00. The lowest BCUT2D eigenvalue weighted by Crippen LogP contribution is -2.43. The molecule has 0 saturated carbocycles. The van der Waals surface area contributed by atoms with Crippen molar-refractivity contribution in [1.82, 2.24) is 4.90 Å². The summed E-state index contributed by atoms with van der Waals surface area (Å²) in [6.45, 7) is 8.97. The smallest absolute Gasteiger partial charge is 0.162 e. The quantitative estimate of drug-likeness (QED) is 0.366. The molecule has 0 spiro atoms. The van der Waals surface area contributed by atoms with Crippen molar-refractivity contribution in [3.63, 3.8) is 0 Å². The van der Waals surface area contributed by atoms with Crippen molar-refractivity contribution >= 4 is 39.1 Å². The molecule has 2 aromatic rings. The molecule has 0 radical (unpaired) electrons. The molecule has 4 nitrogen and oxygen atoms in total. The lowest BCUT2D eigenvalue weighted by molar-refractivity contribution is -0.119.